The van der Waals surface area contributed by atoms with Crippen LogP contribution in [0.2, 0.25) is 0 Å². The summed E-state index contributed by atoms with van der Waals surface area (Å²) in [6, 6.07) is 3.31. The second kappa shape index (κ2) is 5.88. The maximum absolute atomic E-state index is 11.0. The lowest BCUT2D eigenvalue weighted by atomic mass is 10.2. The summed E-state index contributed by atoms with van der Waals surface area (Å²) in [6.07, 6.45) is 0. The van der Waals surface area contributed by atoms with E-state index in [-0.39, 0.29) is 10.6 Å². The molecule has 0 bridgehead atoms. The van der Waals surface area contributed by atoms with Crippen LogP contribution in [0, 0.1) is 30.9 Å². The van der Waals surface area contributed by atoms with Crippen LogP contribution in [0.3, 0.4) is 0 Å². The zero-order valence-electron chi connectivity index (χ0n) is 11.4. The van der Waals surface area contributed by atoms with Crippen LogP contribution in [0.1, 0.15) is 21.1 Å². The molecule has 2 rings (SSSR count). The standard InChI is InChI=1S/C13H14BrN3O2S/c1-7-4-10(14)11(5-12(7)17(18)19)15-6-13-8(2)16-9(3)20-13/h4-5,15H,6H2,1-3H3. The van der Waals surface area contributed by atoms with Gasteiger partial charge < -0.3 is 5.32 Å². The lowest BCUT2D eigenvalue weighted by Gasteiger charge is -2.09. The molecule has 5 nitrogen and oxygen atoms in total. The molecule has 1 N–H and O–H groups in total. The van der Waals surface area contributed by atoms with Crippen molar-refractivity contribution in [2.75, 3.05) is 5.32 Å². The van der Waals surface area contributed by atoms with Crippen LogP contribution in [-0.2, 0) is 6.54 Å². The van der Waals surface area contributed by atoms with Crippen molar-refractivity contribution in [1.29, 1.82) is 0 Å². The maximum Gasteiger partial charge on any atom is 0.274 e. The molecule has 1 heterocycles. The third-order valence-electron chi connectivity index (χ3n) is 2.92. The predicted octanol–water partition coefficient (Wildman–Crippen LogP) is 4.35. The highest BCUT2D eigenvalue weighted by atomic mass is 79.9. The smallest absolute Gasteiger partial charge is 0.274 e. The zero-order chi connectivity index (χ0) is 14.9. The largest absolute Gasteiger partial charge is 0.379 e. The van der Waals surface area contributed by atoms with E-state index in [9.17, 15) is 10.1 Å². The van der Waals surface area contributed by atoms with Gasteiger partial charge in [0.15, 0.2) is 0 Å². The van der Waals surface area contributed by atoms with Gasteiger partial charge in [0, 0.05) is 21.0 Å². The molecule has 0 radical (unpaired) electrons. The van der Waals surface area contributed by atoms with Crippen molar-refractivity contribution in [1.82, 2.24) is 4.98 Å². The van der Waals surface area contributed by atoms with E-state index in [4.69, 9.17) is 0 Å². The summed E-state index contributed by atoms with van der Waals surface area (Å²) in [5.74, 6) is 0. The molecule has 2 aromatic rings. The third kappa shape index (κ3) is 3.16. The van der Waals surface area contributed by atoms with Gasteiger partial charge in [-0.1, -0.05) is 0 Å². The number of nitrogens with one attached hydrogen (secondary N) is 1. The molecule has 0 atom stereocenters. The first-order valence-corrected chi connectivity index (χ1v) is 7.60. The highest BCUT2D eigenvalue weighted by Gasteiger charge is 2.14. The highest BCUT2D eigenvalue weighted by molar-refractivity contribution is 9.10. The molecular weight excluding hydrogens is 342 g/mol. The van der Waals surface area contributed by atoms with Crippen molar-refractivity contribution in [2.24, 2.45) is 0 Å². The molecule has 0 saturated carbocycles. The van der Waals surface area contributed by atoms with E-state index in [1.165, 1.54) is 0 Å². The first-order chi connectivity index (χ1) is 9.38. The predicted molar refractivity (Wildman–Crippen MR) is 84.4 cm³/mol. The fraction of sp³-hybridized carbons (Fsp3) is 0.308. The second-order valence-electron chi connectivity index (χ2n) is 4.47. The van der Waals surface area contributed by atoms with Crippen LogP contribution >= 0.6 is 27.3 Å². The Morgan fingerprint density at radius 2 is 2.10 bits per heavy atom. The van der Waals surface area contributed by atoms with Crippen LogP contribution < -0.4 is 5.32 Å². The molecule has 20 heavy (non-hydrogen) atoms. The molecule has 0 aliphatic carbocycles. The molecule has 0 spiro atoms. The van der Waals surface area contributed by atoms with Gasteiger partial charge in [-0.25, -0.2) is 4.98 Å². The highest BCUT2D eigenvalue weighted by Crippen LogP contribution is 2.31. The van der Waals surface area contributed by atoms with Gasteiger partial charge in [-0.3, -0.25) is 10.1 Å². The van der Waals surface area contributed by atoms with Gasteiger partial charge in [0.1, 0.15) is 0 Å². The molecule has 7 heteroatoms. The van der Waals surface area contributed by atoms with Crippen molar-refractivity contribution in [3.05, 3.63) is 47.9 Å². The summed E-state index contributed by atoms with van der Waals surface area (Å²) in [7, 11) is 0. The van der Waals surface area contributed by atoms with Gasteiger partial charge in [0.05, 0.1) is 27.9 Å². The first-order valence-electron chi connectivity index (χ1n) is 6.00. The number of hydrogen-bond donors (Lipinski definition) is 1. The second-order valence-corrected chi connectivity index (χ2v) is 6.61. The minimum atomic E-state index is -0.366. The number of halogens is 1. The van der Waals surface area contributed by atoms with Crippen LogP contribution in [0.5, 0.6) is 0 Å². The normalized spacial score (nSPS) is 10.6. The number of nitrogens with zero attached hydrogens (tertiary/aromatic N) is 2. The molecule has 0 unspecified atom stereocenters. The maximum atomic E-state index is 11.0. The number of aryl methyl sites for hydroxylation is 3. The fourth-order valence-electron chi connectivity index (χ4n) is 1.91. The average molecular weight is 356 g/mol. The van der Waals surface area contributed by atoms with Gasteiger partial charge in [-0.2, -0.15) is 0 Å². The molecule has 106 valence electrons. The van der Waals surface area contributed by atoms with Gasteiger partial charge in [0.25, 0.3) is 5.69 Å². The van der Waals surface area contributed by atoms with Gasteiger partial charge in [-0.05, 0) is 42.8 Å². The Labute approximate surface area is 129 Å². The number of rotatable bonds is 4. The van der Waals surface area contributed by atoms with Crippen LogP contribution in [0.4, 0.5) is 11.4 Å². The van der Waals surface area contributed by atoms with E-state index in [1.807, 2.05) is 13.8 Å². The molecule has 0 aliphatic heterocycles. The number of benzene rings is 1. The Kier molecular flexibility index (Phi) is 4.39. The Morgan fingerprint density at radius 1 is 1.40 bits per heavy atom. The topological polar surface area (TPSA) is 68.1 Å². The summed E-state index contributed by atoms with van der Waals surface area (Å²) in [5, 5.41) is 15.2. The van der Waals surface area contributed by atoms with Crippen molar-refractivity contribution >= 4 is 38.6 Å². The molecule has 1 aromatic carbocycles. The Morgan fingerprint density at radius 3 is 2.65 bits per heavy atom. The number of aromatic nitrogens is 1. The number of anilines is 1. The van der Waals surface area contributed by atoms with Crippen molar-refractivity contribution in [3.8, 4) is 0 Å². The van der Waals surface area contributed by atoms with Crippen molar-refractivity contribution in [2.45, 2.75) is 27.3 Å². The van der Waals surface area contributed by atoms with E-state index in [2.05, 4.69) is 26.2 Å². The Hall–Kier alpha value is -1.47. The first kappa shape index (κ1) is 14.9. The monoisotopic (exact) mass is 355 g/mol. The summed E-state index contributed by atoms with van der Waals surface area (Å²) in [5.41, 5.74) is 2.47. The van der Waals surface area contributed by atoms with Crippen molar-refractivity contribution in [3.63, 3.8) is 0 Å². The SMILES string of the molecule is Cc1nc(C)c(CNc2cc([N+](=O)[O-])c(C)cc2Br)s1. The quantitative estimate of drug-likeness (QED) is 0.653. The summed E-state index contributed by atoms with van der Waals surface area (Å²) < 4.78 is 0.819. The van der Waals surface area contributed by atoms with E-state index < -0.39 is 0 Å². The lowest BCUT2D eigenvalue weighted by molar-refractivity contribution is -0.385. The van der Waals surface area contributed by atoms with E-state index in [0.717, 1.165) is 20.1 Å². The minimum Gasteiger partial charge on any atom is -0.379 e. The average Bonchev–Trinajstić information content (AvgIpc) is 2.66. The third-order valence-corrected chi connectivity index (χ3v) is 4.65. The Bertz CT molecular complexity index is 670. The van der Waals surface area contributed by atoms with Crippen LogP contribution in [0.15, 0.2) is 16.6 Å². The molecule has 0 saturated heterocycles. The van der Waals surface area contributed by atoms with Gasteiger partial charge >= 0.3 is 0 Å². The van der Waals surface area contributed by atoms with E-state index in [0.29, 0.717) is 17.8 Å². The zero-order valence-corrected chi connectivity index (χ0v) is 13.8. The Balaban J connectivity index is 2.23. The van der Waals surface area contributed by atoms with Crippen molar-refractivity contribution < 1.29 is 4.92 Å². The summed E-state index contributed by atoms with van der Waals surface area (Å²) in [4.78, 5) is 16.1. The fourth-order valence-corrected chi connectivity index (χ4v) is 3.38. The molecular formula is C13H14BrN3O2S. The molecule has 0 amide bonds. The van der Waals surface area contributed by atoms with Crippen LogP contribution in [0.25, 0.3) is 0 Å². The molecule has 0 aliphatic rings. The molecule has 1 aromatic heterocycles. The van der Waals surface area contributed by atoms with Crippen LogP contribution in [-0.4, -0.2) is 9.91 Å². The number of hydrogen-bond acceptors (Lipinski definition) is 5. The van der Waals surface area contributed by atoms with Gasteiger partial charge in [-0.15, -0.1) is 11.3 Å². The molecule has 0 fully saturated rings. The van der Waals surface area contributed by atoms with Gasteiger partial charge in [0.2, 0.25) is 0 Å². The van der Waals surface area contributed by atoms with E-state index in [1.54, 1.807) is 30.4 Å². The number of nitro benzene ring substituents is 1. The van der Waals surface area contributed by atoms with E-state index >= 15 is 0 Å². The minimum absolute atomic E-state index is 0.118. The summed E-state index contributed by atoms with van der Waals surface area (Å²) in [6.45, 7) is 6.26. The number of thiazole rings is 1. The number of nitro groups is 1. The summed E-state index contributed by atoms with van der Waals surface area (Å²) >= 11 is 5.06. The lowest BCUT2D eigenvalue weighted by Crippen LogP contribution is -2.01.